The summed E-state index contributed by atoms with van der Waals surface area (Å²) in [5.74, 6) is 5.38. The molecule has 3 aliphatic rings. The molecular formula is C36H46ClN5O5S2. The predicted molar refractivity (Wildman–Crippen MR) is 197 cm³/mol. The van der Waals surface area contributed by atoms with Crippen LogP contribution in [0.2, 0.25) is 5.02 Å². The number of terminal acetylenes is 1. The van der Waals surface area contributed by atoms with Crippen LogP contribution in [-0.2, 0) is 42.2 Å². The zero-order valence-corrected chi connectivity index (χ0v) is 30.4. The second kappa shape index (κ2) is 18.2. The maximum atomic E-state index is 14.4. The van der Waals surface area contributed by atoms with Gasteiger partial charge >= 0.3 is 0 Å². The topological polar surface area (TPSA) is 91.2 Å². The van der Waals surface area contributed by atoms with Crippen LogP contribution in [0.4, 0.5) is 5.69 Å². The molecule has 2 fully saturated rings. The molecule has 6 rings (SSSR count). The van der Waals surface area contributed by atoms with Gasteiger partial charge in [0.1, 0.15) is 12.4 Å². The van der Waals surface area contributed by atoms with E-state index in [1.807, 2.05) is 59.2 Å². The van der Waals surface area contributed by atoms with Crippen LogP contribution in [-0.4, -0.2) is 107 Å². The molecule has 264 valence electrons. The number of piperidine rings is 1. The van der Waals surface area contributed by atoms with Crippen molar-refractivity contribution in [2.24, 2.45) is 0 Å². The summed E-state index contributed by atoms with van der Waals surface area (Å²) in [5, 5.41) is 1.43. The maximum Gasteiger partial charge on any atom is 0.238 e. The molecule has 2 aromatic heterocycles. The van der Waals surface area contributed by atoms with Crippen LogP contribution in [0.25, 0.3) is 11.0 Å². The second-order valence-electron chi connectivity index (χ2n) is 12.5. The van der Waals surface area contributed by atoms with Crippen molar-refractivity contribution in [2.75, 3.05) is 82.4 Å². The fourth-order valence-electron chi connectivity index (χ4n) is 6.49. The Labute approximate surface area is 303 Å². The molecule has 1 saturated carbocycles. The number of hydrogen-bond acceptors (Lipinski definition) is 10. The van der Waals surface area contributed by atoms with Crippen LogP contribution in [0, 0.1) is 12.3 Å². The fourth-order valence-corrected chi connectivity index (χ4v) is 8.59. The van der Waals surface area contributed by atoms with Crippen LogP contribution < -0.4 is 4.90 Å². The third kappa shape index (κ3) is 9.51. The van der Waals surface area contributed by atoms with Crippen molar-refractivity contribution in [3.63, 3.8) is 0 Å². The first-order chi connectivity index (χ1) is 24.1. The molecule has 0 N–H and O–H groups in total. The Morgan fingerprint density at radius 2 is 1.71 bits per heavy atom. The number of pyridine rings is 1. The van der Waals surface area contributed by atoms with Crippen molar-refractivity contribution in [3.05, 3.63) is 53.1 Å². The van der Waals surface area contributed by atoms with E-state index in [0.29, 0.717) is 64.4 Å². The minimum atomic E-state index is -0.489. The first-order valence-corrected chi connectivity index (χ1v) is 19.6. The molecule has 0 bridgehead atoms. The molecule has 0 unspecified atom stereocenters. The minimum absolute atomic E-state index is 0.180. The highest BCUT2D eigenvalue weighted by atomic mass is 35.5. The lowest BCUT2D eigenvalue weighted by molar-refractivity contribution is -0.124. The van der Waals surface area contributed by atoms with Crippen LogP contribution in [0.15, 0.2) is 36.7 Å². The molecule has 4 heterocycles. The number of amides is 1. The van der Waals surface area contributed by atoms with E-state index in [0.717, 1.165) is 83.8 Å². The molecule has 1 saturated heterocycles. The molecule has 49 heavy (non-hydrogen) atoms. The largest absolute Gasteiger partial charge is 0.378 e. The van der Waals surface area contributed by atoms with Crippen molar-refractivity contribution < 1.29 is 23.7 Å². The van der Waals surface area contributed by atoms with Gasteiger partial charge < -0.3 is 28.4 Å². The van der Waals surface area contributed by atoms with E-state index in [9.17, 15) is 4.79 Å². The van der Waals surface area contributed by atoms with Crippen LogP contribution in [0.1, 0.15) is 43.5 Å². The Balaban J connectivity index is 0.972. The van der Waals surface area contributed by atoms with Crippen molar-refractivity contribution in [1.82, 2.24) is 18.8 Å². The van der Waals surface area contributed by atoms with Gasteiger partial charge in [0, 0.05) is 41.9 Å². The monoisotopic (exact) mass is 727 g/mol. The molecule has 1 aromatic carbocycles. The summed E-state index contributed by atoms with van der Waals surface area (Å²) in [5.41, 5.74) is 3.44. The normalized spacial score (nSPS) is 17.3. The highest BCUT2D eigenvalue weighted by Crippen LogP contribution is 2.50. The molecular weight excluding hydrogens is 682 g/mol. The van der Waals surface area contributed by atoms with Gasteiger partial charge in [-0.2, -0.15) is 11.8 Å². The summed E-state index contributed by atoms with van der Waals surface area (Å²) >= 11 is 10.2. The molecule has 1 amide bonds. The zero-order chi connectivity index (χ0) is 33.9. The fraction of sp³-hybridized carbons (Fsp3) is 0.583. The molecule has 0 radical (unpaired) electrons. The molecule has 1 spiro atoms. The first kappa shape index (κ1) is 36.5. The average molecular weight is 728 g/mol. The molecule has 3 aromatic rings. The van der Waals surface area contributed by atoms with Crippen LogP contribution in [0.3, 0.4) is 0 Å². The second-order valence-corrected chi connectivity index (χ2v) is 15.5. The van der Waals surface area contributed by atoms with Gasteiger partial charge in [-0.3, -0.25) is 14.1 Å². The summed E-state index contributed by atoms with van der Waals surface area (Å²) in [6.07, 6.45) is 14.1. The van der Waals surface area contributed by atoms with E-state index < -0.39 is 5.41 Å². The lowest BCUT2D eigenvalue weighted by atomic mass is 9.74. The third-order valence-electron chi connectivity index (χ3n) is 9.09. The van der Waals surface area contributed by atoms with Gasteiger partial charge in [-0.05, 0) is 67.7 Å². The number of ether oxygens (including phenoxy) is 4. The maximum absolute atomic E-state index is 14.4. The average Bonchev–Trinajstić information content (AvgIpc) is 3.83. The molecule has 10 nitrogen and oxygen atoms in total. The summed E-state index contributed by atoms with van der Waals surface area (Å²) in [7, 11) is 0. The van der Waals surface area contributed by atoms with Gasteiger partial charge in [0.25, 0.3) is 0 Å². The molecule has 2 aliphatic heterocycles. The number of nitrogens with zero attached hydrogens (tertiary/aromatic N) is 5. The number of rotatable bonds is 21. The van der Waals surface area contributed by atoms with E-state index in [2.05, 4.69) is 25.8 Å². The number of aryl methyl sites for hydroxylation is 1. The lowest BCUT2D eigenvalue weighted by Gasteiger charge is -2.37. The van der Waals surface area contributed by atoms with Crippen molar-refractivity contribution in [3.8, 4) is 12.3 Å². The van der Waals surface area contributed by atoms with Gasteiger partial charge in [-0.25, -0.2) is 4.98 Å². The SMILES string of the molecule is C#CCOCCOCCOCCOCCSCCCn1c(CN2C(=O)C3(CCN(SC4CC4)CC3)c3ccncc32)nc2cc(Cl)ccc21. The Bertz CT molecular complexity index is 1570. The van der Waals surface area contributed by atoms with Crippen molar-refractivity contribution in [2.45, 2.75) is 55.9 Å². The number of hydrogen-bond donors (Lipinski definition) is 0. The van der Waals surface area contributed by atoms with Crippen molar-refractivity contribution >= 4 is 57.9 Å². The number of carbonyl (C=O) groups excluding carboxylic acids is 1. The smallest absolute Gasteiger partial charge is 0.238 e. The highest BCUT2D eigenvalue weighted by molar-refractivity contribution is 7.99. The van der Waals surface area contributed by atoms with E-state index in [1.54, 1.807) is 0 Å². The molecule has 1 aliphatic carbocycles. The highest BCUT2D eigenvalue weighted by Gasteiger charge is 2.52. The predicted octanol–water partition coefficient (Wildman–Crippen LogP) is 5.60. The summed E-state index contributed by atoms with van der Waals surface area (Å²) in [6, 6.07) is 7.92. The van der Waals surface area contributed by atoms with Crippen molar-refractivity contribution in [1.29, 1.82) is 0 Å². The number of fused-ring (bicyclic) bond motifs is 3. The number of carbonyl (C=O) groups is 1. The van der Waals surface area contributed by atoms with E-state index in [-0.39, 0.29) is 5.91 Å². The van der Waals surface area contributed by atoms with Gasteiger partial charge in [0.05, 0.1) is 81.1 Å². The number of halogens is 1. The number of anilines is 1. The molecule has 0 atom stereocenters. The van der Waals surface area contributed by atoms with Gasteiger partial charge in [0.15, 0.2) is 0 Å². The van der Waals surface area contributed by atoms with Crippen LogP contribution >= 0.6 is 35.3 Å². The number of thioether (sulfide) groups is 1. The number of benzene rings is 1. The Morgan fingerprint density at radius 3 is 2.45 bits per heavy atom. The van der Waals surface area contributed by atoms with E-state index in [1.165, 1.54) is 12.8 Å². The standard InChI is InChI=1S/C36H46ClN5O5S2/c1-2-15-44-16-17-45-18-19-46-20-21-47-22-24-48-23-3-12-41-32-7-4-28(37)25-31(32)39-34(41)27-42-33-26-38-11-8-30(33)36(35(42)43)9-13-40(14-10-36)49-29-5-6-29/h1,4,7-8,11,25-26,29H,3,5-6,9-10,12-24,27H2. The Morgan fingerprint density at radius 1 is 0.980 bits per heavy atom. The quantitative estimate of drug-likeness (QED) is 0.0785. The van der Waals surface area contributed by atoms with E-state index in [4.69, 9.17) is 42.0 Å². The van der Waals surface area contributed by atoms with Gasteiger partial charge in [-0.1, -0.05) is 29.5 Å². The summed E-state index contributed by atoms with van der Waals surface area (Å²) in [6.45, 7) is 7.20. The van der Waals surface area contributed by atoms with E-state index >= 15 is 0 Å². The first-order valence-electron chi connectivity index (χ1n) is 17.2. The number of imidazole rings is 1. The van der Waals surface area contributed by atoms with Gasteiger partial charge in [0.2, 0.25) is 5.91 Å². The van der Waals surface area contributed by atoms with Gasteiger partial charge in [-0.15, -0.1) is 6.42 Å². The zero-order valence-electron chi connectivity index (χ0n) is 28.0. The lowest BCUT2D eigenvalue weighted by Crippen LogP contribution is -2.47. The third-order valence-corrected chi connectivity index (χ3v) is 11.8. The van der Waals surface area contributed by atoms with Crippen LogP contribution in [0.5, 0.6) is 0 Å². The summed E-state index contributed by atoms with van der Waals surface area (Å²) in [4.78, 5) is 25.8. The summed E-state index contributed by atoms with van der Waals surface area (Å²) < 4.78 is 26.6. The Kier molecular flexibility index (Phi) is 13.6. The Hall–Kier alpha value is -2.34. The minimum Gasteiger partial charge on any atom is -0.378 e. The molecule has 13 heteroatoms. The number of aromatic nitrogens is 3.